The lowest BCUT2D eigenvalue weighted by Gasteiger charge is -1.96. The van der Waals surface area contributed by atoms with E-state index in [1.807, 2.05) is 0 Å². The van der Waals surface area contributed by atoms with Gasteiger partial charge in [-0.25, -0.2) is 0 Å². The van der Waals surface area contributed by atoms with Crippen LogP contribution in [0.4, 0.5) is 0 Å². The van der Waals surface area contributed by atoms with E-state index in [0.717, 1.165) is 12.8 Å². The highest BCUT2D eigenvalue weighted by Gasteiger charge is 1.88. The minimum Gasteiger partial charge on any atom is -0.469 e. The molecule has 4 nitrogen and oxygen atoms in total. The SMILES string of the molecule is CCC(=O)OC.CCCCOC(C)=O. The van der Waals surface area contributed by atoms with Gasteiger partial charge in [-0.1, -0.05) is 20.3 Å². The predicted octanol–water partition coefficient (Wildman–Crippen LogP) is 1.92. The van der Waals surface area contributed by atoms with Crippen LogP contribution in [-0.2, 0) is 19.1 Å². The van der Waals surface area contributed by atoms with E-state index in [4.69, 9.17) is 0 Å². The minimum atomic E-state index is -0.182. The Kier molecular flexibility index (Phi) is 13.1. The van der Waals surface area contributed by atoms with E-state index in [1.54, 1.807) is 6.92 Å². The van der Waals surface area contributed by atoms with Crippen LogP contribution in [0.25, 0.3) is 0 Å². The van der Waals surface area contributed by atoms with E-state index >= 15 is 0 Å². The zero-order chi connectivity index (χ0) is 11.4. The number of hydrogen-bond donors (Lipinski definition) is 0. The smallest absolute Gasteiger partial charge is 0.305 e. The van der Waals surface area contributed by atoms with Gasteiger partial charge in [0.05, 0.1) is 13.7 Å². The topological polar surface area (TPSA) is 52.6 Å². The van der Waals surface area contributed by atoms with Crippen LogP contribution >= 0.6 is 0 Å². The van der Waals surface area contributed by atoms with Crippen LogP contribution in [0.1, 0.15) is 40.0 Å². The number of ether oxygens (including phenoxy) is 2. The van der Waals surface area contributed by atoms with Gasteiger partial charge in [-0.15, -0.1) is 0 Å². The molecule has 0 radical (unpaired) electrons. The van der Waals surface area contributed by atoms with Gasteiger partial charge in [-0.2, -0.15) is 0 Å². The third-order valence-corrected chi connectivity index (χ3v) is 1.32. The monoisotopic (exact) mass is 204 g/mol. The second-order valence-electron chi connectivity index (χ2n) is 2.62. The Bertz CT molecular complexity index is 148. The molecular weight excluding hydrogens is 184 g/mol. The molecular formula is C10H20O4. The summed E-state index contributed by atoms with van der Waals surface area (Å²) in [7, 11) is 1.38. The molecule has 0 fully saturated rings. The molecule has 0 aromatic carbocycles. The zero-order valence-corrected chi connectivity index (χ0v) is 9.46. The van der Waals surface area contributed by atoms with Crippen LogP contribution in [0.5, 0.6) is 0 Å². The lowest BCUT2D eigenvalue weighted by molar-refractivity contribution is -0.141. The first-order chi connectivity index (χ1) is 6.58. The lowest BCUT2D eigenvalue weighted by atomic mass is 10.4. The van der Waals surface area contributed by atoms with Gasteiger partial charge in [0.15, 0.2) is 0 Å². The Morgan fingerprint density at radius 3 is 2.00 bits per heavy atom. The van der Waals surface area contributed by atoms with Crippen LogP contribution in [0, 0.1) is 0 Å². The quantitative estimate of drug-likeness (QED) is 0.518. The molecule has 4 heteroatoms. The van der Waals surface area contributed by atoms with Crippen molar-refractivity contribution in [3.63, 3.8) is 0 Å². The molecule has 0 aromatic rings. The van der Waals surface area contributed by atoms with Gasteiger partial charge in [0.1, 0.15) is 0 Å². The molecule has 0 saturated carbocycles. The molecule has 14 heavy (non-hydrogen) atoms. The first-order valence-corrected chi connectivity index (χ1v) is 4.78. The number of hydrogen-bond acceptors (Lipinski definition) is 4. The second-order valence-corrected chi connectivity index (χ2v) is 2.62. The summed E-state index contributed by atoms with van der Waals surface area (Å²) in [5.74, 6) is -0.339. The molecule has 0 atom stereocenters. The molecule has 0 unspecified atom stereocenters. The number of unbranched alkanes of at least 4 members (excludes halogenated alkanes) is 1. The van der Waals surface area contributed by atoms with E-state index in [1.165, 1.54) is 14.0 Å². The summed E-state index contributed by atoms with van der Waals surface area (Å²) in [6.07, 6.45) is 2.52. The van der Waals surface area contributed by atoms with Crippen LogP contribution in [-0.4, -0.2) is 25.7 Å². The first kappa shape index (κ1) is 15.4. The van der Waals surface area contributed by atoms with Crippen molar-refractivity contribution in [2.75, 3.05) is 13.7 Å². The second kappa shape index (κ2) is 11.9. The highest BCUT2D eigenvalue weighted by atomic mass is 16.5. The third-order valence-electron chi connectivity index (χ3n) is 1.32. The maximum absolute atomic E-state index is 10.1. The van der Waals surface area contributed by atoms with E-state index < -0.39 is 0 Å². The molecule has 0 heterocycles. The van der Waals surface area contributed by atoms with Crippen molar-refractivity contribution in [3.05, 3.63) is 0 Å². The van der Waals surface area contributed by atoms with Crippen LogP contribution < -0.4 is 0 Å². The fraction of sp³-hybridized carbons (Fsp3) is 0.800. The Morgan fingerprint density at radius 2 is 1.79 bits per heavy atom. The van der Waals surface area contributed by atoms with Gasteiger partial charge >= 0.3 is 11.9 Å². The van der Waals surface area contributed by atoms with E-state index in [-0.39, 0.29) is 11.9 Å². The summed E-state index contributed by atoms with van der Waals surface area (Å²) in [5, 5.41) is 0. The summed E-state index contributed by atoms with van der Waals surface area (Å²) >= 11 is 0. The van der Waals surface area contributed by atoms with Crippen LogP contribution in [0.15, 0.2) is 0 Å². The van der Waals surface area contributed by atoms with Gasteiger partial charge in [0.25, 0.3) is 0 Å². The predicted molar refractivity (Wildman–Crippen MR) is 53.8 cm³/mol. The molecule has 0 aliphatic carbocycles. The summed E-state index contributed by atoms with van der Waals surface area (Å²) in [5.41, 5.74) is 0. The number of carbonyl (C=O) groups excluding carboxylic acids is 2. The van der Waals surface area contributed by atoms with E-state index in [2.05, 4.69) is 16.4 Å². The largest absolute Gasteiger partial charge is 0.469 e. The lowest BCUT2D eigenvalue weighted by Crippen LogP contribution is -1.99. The van der Waals surface area contributed by atoms with E-state index in [9.17, 15) is 9.59 Å². The number of methoxy groups -OCH3 is 1. The molecule has 0 aliphatic rings. The van der Waals surface area contributed by atoms with Crippen LogP contribution in [0.3, 0.4) is 0 Å². The Hall–Kier alpha value is -1.06. The average molecular weight is 204 g/mol. The van der Waals surface area contributed by atoms with Gasteiger partial charge < -0.3 is 9.47 Å². The summed E-state index contributed by atoms with van der Waals surface area (Å²) in [6.45, 7) is 5.82. The molecule has 0 amide bonds. The number of carbonyl (C=O) groups is 2. The molecule has 84 valence electrons. The van der Waals surface area contributed by atoms with Gasteiger partial charge in [-0.3, -0.25) is 9.59 Å². The number of rotatable bonds is 4. The standard InChI is InChI=1S/C6H12O2.C4H8O2/c1-3-4-5-8-6(2)7;1-3-4(5)6-2/h3-5H2,1-2H3;3H2,1-2H3. The summed E-state index contributed by atoms with van der Waals surface area (Å²) in [4.78, 5) is 20.1. The normalized spacial score (nSPS) is 8.29. The molecule has 0 N–H and O–H groups in total. The van der Waals surface area contributed by atoms with Crippen molar-refractivity contribution in [2.24, 2.45) is 0 Å². The molecule has 0 aromatic heterocycles. The highest BCUT2D eigenvalue weighted by molar-refractivity contribution is 5.68. The molecule has 0 bridgehead atoms. The molecule has 0 saturated heterocycles. The Morgan fingerprint density at radius 1 is 1.21 bits per heavy atom. The van der Waals surface area contributed by atoms with Crippen LogP contribution in [0.2, 0.25) is 0 Å². The van der Waals surface area contributed by atoms with Crippen molar-refractivity contribution >= 4 is 11.9 Å². The van der Waals surface area contributed by atoms with Crippen molar-refractivity contribution in [3.8, 4) is 0 Å². The van der Waals surface area contributed by atoms with Gasteiger partial charge in [0, 0.05) is 13.3 Å². The fourth-order valence-corrected chi connectivity index (χ4v) is 0.505. The maximum atomic E-state index is 10.1. The summed E-state index contributed by atoms with van der Waals surface area (Å²) < 4.78 is 8.90. The first-order valence-electron chi connectivity index (χ1n) is 4.78. The van der Waals surface area contributed by atoms with Crippen molar-refractivity contribution < 1.29 is 19.1 Å². The molecule has 0 rings (SSSR count). The minimum absolute atomic E-state index is 0.157. The fourth-order valence-electron chi connectivity index (χ4n) is 0.505. The number of esters is 2. The molecule has 0 aliphatic heterocycles. The van der Waals surface area contributed by atoms with Gasteiger partial charge in [0.2, 0.25) is 0 Å². The maximum Gasteiger partial charge on any atom is 0.305 e. The van der Waals surface area contributed by atoms with Crippen molar-refractivity contribution in [2.45, 2.75) is 40.0 Å². The molecule has 0 spiro atoms. The Balaban J connectivity index is 0. The Labute approximate surface area is 85.6 Å². The van der Waals surface area contributed by atoms with Crippen molar-refractivity contribution in [1.29, 1.82) is 0 Å². The van der Waals surface area contributed by atoms with Gasteiger partial charge in [-0.05, 0) is 6.42 Å². The third kappa shape index (κ3) is 17.1. The summed E-state index contributed by atoms with van der Waals surface area (Å²) in [6, 6.07) is 0. The average Bonchev–Trinajstić information content (AvgIpc) is 2.17. The van der Waals surface area contributed by atoms with Crippen molar-refractivity contribution in [1.82, 2.24) is 0 Å². The zero-order valence-electron chi connectivity index (χ0n) is 9.46. The van der Waals surface area contributed by atoms with E-state index in [0.29, 0.717) is 13.0 Å². The highest BCUT2D eigenvalue weighted by Crippen LogP contribution is 1.86.